The Morgan fingerprint density at radius 2 is 1.79 bits per heavy atom. The molecular formula is C18H26N6O4. The van der Waals surface area contributed by atoms with Crippen molar-refractivity contribution in [3.8, 4) is 17.2 Å². The molecule has 2 N–H and O–H groups in total. The summed E-state index contributed by atoms with van der Waals surface area (Å²) >= 11 is 0. The van der Waals surface area contributed by atoms with Crippen molar-refractivity contribution >= 4 is 17.5 Å². The molecular weight excluding hydrogens is 364 g/mol. The zero-order chi connectivity index (χ0) is 19.8. The number of nitrogens with one attached hydrogen (secondary N) is 2. The van der Waals surface area contributed by atoms with Crippen molar-refractivity contribution in [1.82, 2.24) is 20.1 Å². The second kappa shape index (κ2) is 9.90. The molecule has 3 rings (SSSR count). The molecule has 0 radical (unpaired) electrons. The van der Waals surface area contributed by atoms with Crippen molar-refractivity contribution in [2.45, 2.75) is 0 Å². The molecule has 10 nitrogen and oxygen atoms in total. The molecule has 1 aliphatic heterocycles. The summed E-state index contributed by atoms with van der Waals surface area (Å²) in [6, 6.07) is 3.60. The molecule has 0 saturated carbocycles. The van der Waals surface area contributed by atoms with E-state index in [2.05, 4.69) is 30.7 Å². The maximum absolute atomic E-state index is 5.37. The highest BCUT2D eigenvalue weighted by Gasteiger charge is 2.14. The first kappa shape index (κ1) is 19.9. The second-order valence-corrected chi connectivity index (χ2v) is 6.09. The van der Waals surface area contributed by atoms with Crippen molar-refractivity contribution in [3.63, 3.8) is 0 Å². The Morgan fingerprint density at radius 3 is 2.43 bits per heavy atom. The standard InChI is InChI=1S/C18H26N6O4/c1-25-14-10-13(11-15(26-2)17(14)27-3)21-16-12-20-23-18(22-16)19-4-5-24-6-8-28-9-7-24/h10-12H,4-9H2,1-3H3,(H2,19,21,22,23). The molecule has 1 aromatic heterocycles. The van der Waals surface area contributed by atoms with Crippen LogP contribution in [0.5, 0.6) is 17.2 Å². The largest absolute Gasteiger partial charge is 0.493 e. The number of methoxy groups -OCH3 is 3. The molecule has 0 aliphatic carbocycles. The molecule has 0 amide bonds. The highest BCUT2D eigenvalue weighted by Crippen LogP contribution is 2.40. The fourth-order valence-electron chi connectivity index (χ4n) is 2.89. The monoisotopic (exact) mass is 390 g/mol. The Kier molecular flexibility index (Phi) is 7.04. The molecule has 2 aromatic rings. The van der Waals surface area contributed by atoms with Crippen LogP contribution in [0.2, 0.25) is 0 Å². The minimum absolute atomic E-state index is 0.464. The zero-order valence-corrected chi connectivity index (χ0v) is 16.4. The Morgan fingerprint density at radius 1 is 1.07 bits per heavy atom. The van der Waals surface area contributed by atoms with E-state index >= 15 is 0 Å². The molecule has 152 valence electrons. The lowest BCUT2D eigenvalue weighted by Crippen LogP contribution is -2.39. The first-order valence-electron chi connectivity index (χ1n) is 9.04. The number of morpholine rings is 1. The van der Waals surface area contributed by atoms with Crippen LogP contribution in [0.4, 0.5) is 17.5 Å². The normalized spacial score (nSPS) is 14.4. The van der Waals surface area contributed by atoms with Crippen molar-refractivity contribution in [2.24, 2.45) is 0 Å². The number of anilines is 3. The summed E-state index contributed by atoms with van der Waals surface area (Å²) in [6.07, 6.45) is 1.55. The summed E-state index contributed by atoms with van der Waals surface area (Å²) in [5.41, 5.74) is 0.731. The third-order valence-corrected chi connectivity index (χ3v) is 4.31. The summed E-state index contributed by atoms with van der Waals surface area (Å²) in [7, 11) is 4.71. The van der Waals surface area contributed by atoms with Gasteiger partial charge in [0.2, 0.25) is 11.7 Å². The molecule has 0 unspecified atom stereocenters. The molecule has 28 heavy (non-hydrogen) atoms. The highest BCUT2D eigenvalue weighted by atomic mass is 16.5. The zero-order valence-electron chi connectivity index (χ0n) is 16.4. The van der Waals surface area contributed by atoms with E-state index in [0.717, 1.165) is 45.1 Å². The van der Waals surface area contributed by atoms with E-state index in [-0.39, 0.29) is 0 Å². The topological polar surface area (TPSA) is 103 Å². The smallest absolute Gasteiger partial charge is 0.244 e. The lowest BCUT2D eigenvalue weighted by molar-refractivity contribution is 0.0398. The van der Waals surface area contributed by atoms with Crippen LogP contribution in [0.15, 0.2) is 18.3 Å². The predicted molar refractivity (Wildman–Crippen MR) is 105 cm³/mol. The minimum Gasteiger partial charge on any atom is -0.493 e. The van der Waals surface area contributed by atoms with E-state index in [1.807, 2.05) is 0 Å². The number of nitrogens with zero attached hydrogens (tertiary/aromatic N) is 4. The maximum atomic E-state index is 5.37. The molecule has 1 saturated heterocycles. The summed E-state index contributed by atoms with van der Waals surface area (Å²) in [5, 5.41) is 14.4. The Hall–Kier alpha value is -2.85. The van der Waals surface area contributed by atoms with Gasteiger partial charge in [-0.2, -0.15) is 10.1 Å². The van der Waals surface area contributed by atoms with Gasteiger partial charge in [-0.15, -0.1) is 5.10 Å². The SMILES string of the molecule is COc1cc(Nc2cnnc(NCCN3CCOCC3)n2)cc(OC)c1OC. The first-order chi connectivity index (χ1) is 13.7. The number of aromatic nitrogens is 3. The van der Waals surface area contributed by atoms with Crippen LogP contribution in [0.1, 0.15) is 0 Å². The van der Waals surface area contributed by atoms with Crippen LogP contribution in [-0.4, -0.2) is 80.8 Å². The van der Waals surface area contributed by atoms with Gasteiger partial charge in [0.05, 0.1) is 40.7 Å². The lowest BCUT2D eigenvalue weighted by Gasteiger charge is -2.26. The van der Waals surface area contributed by atoms with Crippen LogP contribution in [0.25, 0.3) is 0 Å². The maximum Gasteiger partial charge on any atom is 0.244 e. The highest BCUT2D eigenvalue weighted by molar-refractivity contribution is 5.66. The molecule has 10 heteroatoms. The van der Waals surface area contributed by atoms with E-state index in [1.54, 1.807) is 39.7 Å². The van der Waals surface area contributed by atoms with E-state index in [1.165, 1.54) is 0 Å². The van der Waals surface area contributed by atoms with Gasteiger partial charge in [-0.25, -0.2) is 0 Å². The molecule has 0 atom stereocenters. The second-order valence-electron chi connectivity index (χ2n) is 6.09. The number of benzene rings is 1. The van der Waals surface area contributed by atoms with Gasteiger partial charge in [0.25, 0.3) is 0 Å². The number of hydrogen-bond acceptors (Lipinski definition) is 10. The molecule has 1 aromatic carbocycles. The summed E-state index contributed by atoms with van der Waals surface area (Å²) in [6.45, 7) is 5.10. The average Bonchev–Trinajstić information content (AvgIpc) is 2.74. The Labute approximate surface area is 164 Å². The van der Waals surface area contributed by atoms with Crippen LogP contribution in [0, 0.1) is 0 Å². The first-order valence-corrected chi connectivity index (χ1v) is 9.04. The number of ether oxygens (including phenoxy) is 4. The molecule has 0 spiro atoms. The van der Waals surface area contributed by atoms with Crippen LogP contribution < -0.4 is 24.8 Å². The number of hydrogen-bond donors (Lipinski definition) is 2. The number of rotatable bonds is 9. The van der Waals surface area contributed by atoms with E-state index < -0.39 is 0 Å². The van der Waals surface area contributed by atoms with Gasteiger partial charge in [-0.3, -0.25) is 4.90 Å². The lowest BCUT2D eigenvalue weighted by atomic mass is 10.2. The van der Waals surface area contributed by atoms with Crippen molar-refractivity contribution in [2.75, 3.05) is 71.4 Å². The minimum atomic E-state index is 0.464. The summed E-state index contributed by atoms with van der Waals surface area (Å²) in [4.78, 5) is 6.79. The fraction of sp³-hybridized carbons (Fsp3) is 0.500. The van der Waals surface area contributed by atoms with Gasteiger partial charge in [-0.05, 0) is 0 Å². The van der Waals surface area contributed by atoms with Gasteiger partial charge < -0.3 is 29.6 Å². The quantitative estimate of drug-likeness (QED) is 0.653. The van der Waals surface area contributed by atoms with Crippen LogP contribution >= 0.6 is 0 Å². The summed E-state index contributed by atoms with van der Waals surface area (Å²) < 4.78 is 21.4. The van der Waals surface area contributed by atoms with E-state index in [4.69, 9.17) is 18.9 Å². The molecule has 1 aliphatic rings. The average molecular weight is 390 g/mol. The van der Waals surface area contributed by atoms with Gasteiger partial charge in [0.1, 0.15) is 0 Å². The molecule has 2 heterocycles. The van der Waals surface area contributed by atoms with E-state index in [9.17, 15) is 0 Å². The van der Waals surface area contributed by atoms with Gasteiger partial charge in [0, 0.05) is 44.0 Å². The molecule has 0 bridgehead atoms. The molecule has 1 fully saturated rings. The third-order valence-electron chi connectivity index (χ3n) is 4.31. The predicted octanol–water partition coefficient (Wildman–Crippen LogP) is 1.39. The van der Waals surface area contributed by atoms with Gasteiger partial charge in [0.15, 0.2) is 17.3 Å². The van der Waals surface area contributed by atoms with Crippen molar-refractivity contribution in [3.05, 3.63) is 18.3 Å². The van der Waals surface area contributed by atoms with Gasteiger partial charge in [-0.1, -0.05) is 0 Å². The third kappa shape index (κ3) is 5.11. The van der Waals surface area contributed by atoms with Crippen LogP contribution in [-0.2, 0) is 4.74 Å². The summed E-state index contributed by atoms with van der Waals surface area (Å²) in [5.74, 6) is 2.65. The van der Waals surface area contributed by atoms with Crippen LogP contribution in [0.3, 0.4) is 0 Å². The van der Waals surface area contributed by atoms with Crippen molar-refractivity contribution in [1.29, 1.82) is 0 Å². The fourth-order valence-corrected chi connectivity index (χ4v) is 2.89. The Bertz CT molecular complexity index is 744. The Balaban J connectivity index is 1.63. The van der Waals surface area contributed by atoms with Crippen molar-refractivity contribution < 1.29 is 18.9 Å². The van der Waals surface area contributed by atoms with Gasteiger partial charge >= 0.3 is 0 Å². The van der Waals surface area contributed by atoms with E-state index in [0.29, 0.717) is 29.0 Å².